The Morgan fingerprint density at radius 2 is 2.12 bits per heavy atom. The summed E-state index contributed by atoms with van der Waals surface area (Å²) in [5.74, 6) is -1.22. The van der Waals surface area contributed by atoms with E-state index in [4.69, 9.17) is 20.6 Å². The van der Waals surface area contributed by atoms with Gasteiger partial charge in [-0.3, -0.25) is 10.2 Å². The van der Waals surface area contributed by atoms with Crippen molar-refractivity contribution < 1.29 is 22.7 Å². The number of hydrogen-bond acceptors (Lipinski definition) is 8. The van der Waals surface area contributed by atoms with E-state index in [1.54, 1.807) is 25.1 Å². The fourth-order valence-electron chi connectivity index (χ4n) is 3.34. The fraction of sp³-hybridized carbons (Fsp3) is 0.429. The van der Waals surface area contributed by atoms with Crippen molar-refractivity contribution in [3.63, 3.8) is 0 Å². The van der Waals surface area contributed by atoms with Crippen molar-refractivity contribution in [2.45, 2.75) is 38.0 Å². The minimum Gasteiger partial charge on any atom is -0.480 e. The Labute approximate surface area is 187 Å². The van der Waals surface area contributed by atoms with Crippen molar-refractivity contribution in [3.05, 3.63) is 46.9 Å². The molecule has 3 rings (SSSR count). The van der Waals surface area contributed by atoms with Crippen LogP contribution in [0, 0.1) is 12.3 Å². The number of carbonyl (C=O) groups excluding carboxylic acids is 1. The van der Waals surface area contributed by atoms with E-state index in [9.17, 15) is 13.2 Å². The lowest BCUT2D eigenvalue weighted by molar-refractivity contribution is 0.0956. The summed E-state index contributed by atoms with van der Waals surface area (Å²) >= 11 is 0. The molecule has 2 heterocycles. The molecule has 1 aliphatic heterocycles. The highest BCUT2D eigenvalue weighted by Gasteiger charge is 2.40. The number of benzene rings is 1. The Kier molecular flexibility index (Phi) is 6.51. The summed E-state index contributed by atoms with van der Waals surface area (Å²) < 4.78 is 35.0. The Balaban J connectivity index is 1.86. The van der Waals surface area contributed by atoms with Crippen LogP contribution in [-0.4, -0.2) is 54.3 Å². The monoisotopic (exact) mass is 461 g/mol. The van der Waals surface area contributed by atoms with Gasteiger partial charge in [0.1, 0.15) is 16.3 Å². The molecule has 0 fully saturated rings. The van der Waals surface area contributed by atoms with Gasteiger partial charge in [0.2, 0.25) is 5.88 Å². The summed E-state index contributed by atoms with van der Waals surface area (Å²) in [5, 5.41) is 10.4. The van der Waals surface area contributed by atoms with E-state index in [2.05, 4.69) is 15.3 Å². The number of rotatable bonds is 7. The number of fused-ring (bicyclic) bond motifs is 1. The second kappa shape index (κ2) is 8.83. The van der Waals surface area contributed by atoms with Gasteiger partial charge in [-0.15, -0.1) is 0 Å². The minimum atomic E-state index is -3.74. The maximum atomic E-state index is 12.9. The molecule has 1 amide bonds. The van der Waals surface area contributed by atoms with Crippen molar-refractivity contribution in [2.75, 3.05) is 24.8 Å². The number of nitrogens with one attached hydrogen (secondary N) is 2. The van der Waals surface area contributed by atoms with Crippen molar-refractivity contribution in [1.82, 2.24) is 9.97 Å². The summed E-state index contributed by atoms with van der Waals surface area (Å²) in [6.07, 6.45) is 1.36. The van der Waals surface area contributed by atoms with Crippen LogP contribution in [0.25, 0.3) is 0 Å². The van der Waals surface area contributed by atoms with Crippen LogP contribution in [-0.2, 0) is 21.2 Å². The zero-order valence-electron chi connectivity index (χ0n) is 18.4. The number of amides is 1. The number of aryl methyl sites for hydroxylation is 1. The Bertz CT molecular complexity index is 1160. The van der Waals surface area contributed by atoms with Gasteiger partial charge in [-0.2, -0.15) is 0 Å². The molecule has 0 bridgehead atoms. The van der Waals surface area contributed by atoms with Gasteiger partial charge in [-0.05, 0) is 44.0 Å². The molecule has 32 heavy (non-hydrogen) atoms. The molecule has 0 saturated carbocycles. The van der Waals surface area contributed by atoms with Gasteiger partial charge in [0.25, 0.3) is 5.91 Å². The Hall–Kier alpha value is -3.05. The van der Waals surface area contributed by atoms with Gasteiger partial charge < -0.3 is 20.5 Å². The van der Waals surface area contributed by atoms with E-state index >= 15 is 0 Å². The maximum Gasteiger partial charge on any atom is 0.276 e. The lowest BCUT2D eigenvalue weighted by Gasteiger charge is -2.30. The number of methoxy groups -OCH3 is 1. The lowest BCUT2D eigenvalue weighted by atomic mass is 9.94. The lowest BCUT2D eigenvalue weighted by Crippen LogP contribution is -2.47. The zero-order valence-corrected chi connectivity index (χ0v) is 19.2. The predicted octanol–water partition coefficient (Wildman–Crippen LogP) is 1.79. The molecule has 10 nitrogen and oxygen atoms in total. The highest BCUT2D eigenvalue weighted by atomic mass is 32.2. The molecule has 1 aliphatic rings. The van der Waals surface area contributed by atoms with Crippen LogP contribution >= 0.6 is 0 Å². The smallest absolute Gasteiger partial charge is 0.276 e. The topological polar surface area (TPSA) is 157 Å². The van der Waals surface area contributed by atoms with Crippen molar-refractivity contribution in [3.8, 4) is 5.88 Å². The molecular weight excluding hydrogens is 434 g/mol. The average Bonchev–Trinajstić information content (AvgIpc) is 2.73. The number of nitrogens with two attached hydrogens (primary N) is 1. The second-order valence-corrected chi connectivity index (χ2v) is 10.7. The molecule has 0 saturated heterocycles. The normalized spacial score (nSPS) is 16.2. The molecule has 1 aromatic carbocycles. The fourth-order valence-corrected chi connectivity index (χ4v) is 4.89. The summed E-state index contributed by atoms with van der Waals surface area (Å²) in [4.78, 5) is 21.0. The highest BCUT2D eigenvalue weighted by molar-refractivity contribution is 7.93. The molecule has 0 radical (unpaired) electrons. The summed E-state index contributed by atoms with van der Waals surface area (Å²) in [6.45, 7) is 5.06. The SMILES string of the molecule is COc1cnc(C(=O)Nc2ccc3c(c2)C(CS(=O)(=O)C(C)(C)C(=N)N)COC3)c(C)n1. The molecule has 0 spiro atoms. The van der Waals surface area contributed by atoms with E-state index < -0.39 is 32.2 Å². The minimum absolute atomic E-state index is 0.161. The zero-order chi connectivity index (χ0) is 23.7. The molecule has 1 unspecified atom stereocenters. The number of hydrogen-bond donors (Lipinski definition) is 3. The third-order valence-electron chi connectivity index (χ3n) is 5.62. The number of ether oxygens (including phenoxy) is 2. The first kappa shape index (κ1) is 23.6. The first-order valence-electron chi connectivity index (χ1n) is 9.92. The summed E-state index contributed by atoms with van der Waals surface area (Å²) in [5.41, 5.74) is 8.23. The third kappa shape index (κ3) is 4.58. The molecule has 0 aliphatic carbocycles. The van der Waals surface area contributed by atoms with E-state index in [0.29, 0.717) is 23.9 Å². The maximum absolute atomic E-state index is 12.9. The van der Waals surface area contributed by atoms with Crippen molar-refractivity contribution >= 4 is 27.3 Å². The van der Waals surface area contributed by atoms with Gasteiger partial charge in [-0.1, -0.05) is 6.07 Å². The standard InChI is InChI=1S/C21H27N5O5S/c1-12-18(24-8-17(25-12)30-4)19(27)26-15-6-5-13-9-31-10-14(16(13)7-15)11-32(28,29)21(2,3)20(22)23/h5-8,14H,9-11H2,1-4H3,(H3,22,23)(H,26,27). The summed E-state index contributed by atoms with van der Waals surface area (Å²) in [6, 6.07) is 5.28. The average molecular weight is 462 g/mol. The van der Waals surface area contributed by atoms with Crippen LogP contribution in [0.1, 0.15) is 47.1 Å². The molecule has 1 atom stereocenters. The van der Waals surface area contributed by atoms with Crippen LogP contribution in [0.2, 0.25) is 0 Å². The molecule has 172 valence electrons. The van der Waals surface area contributed by atoms with Crippen LogP contribution in [0.5, 0.6) is 5.88 Å². The number of carbonyl (C=O) groups is 1. The number of nitrogens with zero attached hydrogens (tertiary/aromatic N) is 2. The number of aromatic nitrogens is 2. The number of anilines is 1. The summed E-state index contributed by atoms with van der Waals surface area (Å²) in [7, 11) is -2.27. The Morgan fingerprint density at radius 3 is 2.75 bits per heavy atom. The van der Waals surface area contributed by atoms with Crippen LogP contribution < -0.4 is 15.8 Å². The quantitative estimate of drug-likeness (QED) is 0.416. The van der Waals surface area contributed by atoms with Gasteiger partial charge in [0.15, 0.2) is 9.84 Å². The van der Waals surface area contributed by atoms with Gasteiger partial charge in [-0.25, -0.2) is 18.4 Å². The largest absolute Gasteiger partial charge is 0.480 e. The van der Waals surface area contributed by atoms with E-state index in [1.807, 2.05) is 0 Å². The molecule has 11 heteroatoms. The predicted molar refractivity (Wildman–Crippen MR) is 120 cm³/mol. The van der Waals surface area contributed by atoms with Crippen LogP contribution in [0.15, 0.2) is 24.4 Å². The Morgan fingerprint density at radius 1 is 1.41 bits per heavy atom. The van der Waals surface area contributed by atoms with Crippen molar-refractivity contribution in [2.24, 2.45) is 5.73 Å². The molecule has 1 aromatic heterocycles. The van der Waals surface area contributed by atoms with E-state index in [1.165, 1.54) is 27.2 Å². The second-order valence-electron chi connectivity index (χ2n) is 8.13. The molecule has 4 N–H and O–H groups in total. The van der Waals surface area contributed by atoms with Crippen LogP contribution in [0.3, 0.4) is 0 Å². The van der Waals surface area contributed by atoms with Gasteiger partial charge in [0, 0.05) is 11.6 Å². The molecular formula is C21H27N5O5S. The number of amidine groups is 1. The van der Waals surface area contributed by atoms with E-state index in [-0.39, 0.29) is 18.1 Å². The third-order valence-corrected chi connectivity index (χ3v) is 8.23. The molecule has 2 aromatic rings. The van der Waals surface area contributed by atoms with Crippen LogP contribution in [0.4, 0.5) is 5.69 Å². The van der Waals surface area contributed by atoms with Gasteiger partial charge >= 0.3 is 0 Å². The first-order chi connectivity index (χ1) is 15.0. The number of sulfone groups is 1. The highest BCUT2D eigenvalue weighted by Crippen LogP contribution is 2.33. The van der Waals surface area contributed by atoms with Gasteiger partial charge in [0.05, 0.1) is 38.0 Å². The first-order valence-corrected chi connectivity index (χ1v) is 11.6. The van der Waals surface area contributed by atoms with E-state index in [0.717, 1.165) is 11.1 Å². The van der Waals surface area contributed by atoms with Crippen molar-refractivity contribution in [1.29, 1.82) is 5.41 Å².